The highest BCUT2D eigenvalue weighted by Gasteiger charge is 2.12. The zero-order chi connectivity index (χ0) is 27.2. The van der Waals surface area contributed by atoms with Gasteiger partial charge in [0.25, 0.3) is 0 Å². The first-order chi connectivity index (χ1) is 18.1. The third kappa shape index (κ3) is 28.0. The van der Waals surface area contributed by atoms with Crippen LogP contribution in [0.15, 0.2) is 0 Å². The van der Waals surface area contributed by atoms with Crippen molar-refractivity contribution in [2.24, 2.45) is 0 Å². The lowest BCUT2D eigenvalue weighted by Gasteiger charge is -2.16. The summed E-state index contributed by atoms with van der Waals surface area (Å²) in [5.41, 5.74) is 0. The average Bonchev–Trinajstić information content (AvgIpc) is 2.89. The molecule has 0 atom stereocenters. The highest BCUT2D eigenvalue weighted by Crippen LogP contribution is 2.15. The molecule has 1 amide bonds. The highest BCUT2D eigenvalue weighted by molar-refractivity contribution is 5.85. The molecule has 0 bridgehead atoms. The number of unbranched alkanes of at least 4 members (excludes halogenated alkanes) is 24. The fourth-order valence-corrected chi connectivity index (χ4v) is 5.26. The summed E-state index contributed by atoms with van der Waals surface area (Å²) in [6.07, 6.45) is 35.6. The molecule has 0 aliphatic heterocycles. The summed E-state index contributed by atoms with van der Waals surface area (Å²) in [4.78, 5) is 26.3. The lowest BCUT2D eigenvalue weighted by molar-refractivity contribution is -0.134. The van der Waals surface area contributed by atoms with Crippen LogP contribution < -0.4 is 0 Å². The van der Waals surface area contributed by atoms with Gasteiger partial charge in [0, 0.05) is 19.9 Å². The molecule has 0 unspecified atom stereocenters. The van der Waals surface area contributed by atoms with Gasteiger partial charge in [-0.15, -0.1) is 0 Å². The Morgan fingerprint density at radius 2 is 0.676 bits per heavy atom. The topological polar surface area (TPSA) is 37.4 Å². The van der Waals surface area contributed by atoms with Crippen LogP contribution in [0.2, 0.25) is 0 Å². The molecule has 220 valence electrons. The molecule has 0 N–H and O–H groups in total. The molecule has 0 rings (SSSR count). The van der Waals surface area contributed by atoms with Crippen LogP contribution in [0.1, 0.15) is 194 Å². The monoisotopic (exact) mass is 522 g/mol. The van der Waals surface area contributed by atoms with Crippen molar-refractivity contribution in [1.29, 1.82) is 0 Å². The van der Waals surface area contributed by atoms with Gasteiger partial charge in [0.15, 0.2) is 5.78 Å². The number of hydrogen-bond donors (Lipinski definition) is 0. The van der Waals surface area contributed by atoms with Gasteiger partial charge >= 0.3 is 0 Å². The fourth-order valence-electron chi connectivity index (χ4n) is 5.26. The predicted octanol–water partition coefficient (Wildman–Crippen LogP) is 11.0. The third-order valence-corrected chi connectivity index (χ3v) is 7.89. The second kappa shape index (κ2) is 29.7. The van der Waals surface area contributed by atoms with Crippen LogP contribution in [-0.2, 0) is 9.59 Å². The minimum Gasteiger partial charge on any atom is -0.338 e. The summed E-state index contributed by atoms with van der Waals surface area (Å²) >= 11 is 0. The quantitative estimate of drug-likeness (QED) is 0.0881. The number of Topliss-reactive ketones (excluding diaryl/α,β-unsaturated/α-hetero) is 1. The zero-order valence-corrected chi connectivity index (χ0v) is 25.8. The van der Waals surface area contributed by atoms with Crippen molar-refractivity contribution in [2.75, 3.05) is 13.6 Å². The number of rotatable bonds is 30. The Kier molecular flexibility index (Phi) is 29.0. The van der Waals surface area contributed by atoms with E-state index in [9.17, 15) is 9.59 Å². The summed E-state index contributed by atoms with van der Waals surface area (Å²) < 4.78 is 0. The summed E-state index contributed by atoms with van der Waals surface area (Å²) in [5.74, 6) is 0.367. The number of carbonyl (C=O) groups excluding carboxylic acids is 2. The molecule has 0 radical (unpaired) electrons. The smallest absolute Gasteiger partial charge is 0.222 e. The molecule has 0 saturated heterocycles. The third-order valence-electron chi connectivity index (χ3n) is 7.89. The zero-order valence-electron chi connectivity index (χ0n) is 25.8. The van der Waals surface area contributed by atoms with Crippen LogP contribution >= 0.6 is 0 Å². The summed E-state index contributed by atoms with van der Waals surface area (Å²) in [6, 6.07) is 0. The van der Waals surface area contributed by atoms with Crippen molar-refractivity contribution < 1.29 is 9.59 Å². The SMILES string of the molecule is CCCCCCCCCCCCCCCC(=O)CN(C)C(=O)CCCCCCCCCCCCCCC. The number of nitrogens with zero attached hydrogens (tertiary/aromatic N) is 1. The summed E-state index contributed by atoms with van der Waals surface area (Å²) in [5, 5.41) is 0. The van der Waals surface area contributed by atoms with Gasteiger partial charge in [-0.2, -0.15) is 0 Å². The van der Waals surface area contributed by atoms with E-state index >= 15 is 0 Å². The molecule has 0 aliphatic rings. The van der Waals surface area contributed by atoms with Crippen molar-refractivity contribution in [3.05, 3.63) is 0 Å². The molecule has 3 nitrogen and oxygen atoms in total. The summed E-state index contributed by atoms with van der Waals surface area (Å²) in [7, 11) is 1.80. The maximum Gasteiger partial charge on any atom is 0.222 e. The van der Waals surface area contributed by atoms with Crippen LogP contribution in [0.4, 0.5) is 0 Å². The molecule has 3 heteroatoms. The Balaban J connectivity index is 3.43. The Morgan fingerprint density at radius 1 is 0.405 bits per heavy atom. The van der Waals surface area contributed by atoms with Gasteiger partial charge in [-0.05, 0) is 12.8 Å². The first kappa shape index (κ1) is 36.1. The van der Waals surface area contributed by atoms with Crippen molar-refractivity contribution in [2.45, 2.75) is 194 Å². The van der Waals surface area contributed by atoms with Gasteiger partial charge in [0.1, 0.15) is 0 Å². The maximum atomic E-state index is 12.3. The number of hydrogen-bond acceptors (Lipinski definition) is 2. The average molecular weight is 522 g/mol. The van der Waals surface area contributed by atoms with Crippen LogP contribution in [-0.4, -0.2) is 30.2 Å². The van der Waals surface area contributed by atoms with Gasteiger partial charge in [0.05, 0.1) is 6.54 Å². The standard InChI is InChI=1S/C34H67NO2/c1-4-6-8-10-12-14-16-18-20-22-24-26-28-30-33(36)32-35(3)34(37)31-29-27-25-23-21-19-17-15-13-11-9-7-5-2/h4-32H2,1-3H3. The Labute approximate surface area is 233 Å². The highest BCUT2D eigenvalue weighted by atomic mass is 16.2. The molecule has 0 heterocycles. The van der Waals surface area contributed by atoms with E-state index in [0.29, 0.717) is 19.4 Å². The van der Waals surface area contributed by atoms with Crippen LogP contribution in [0.3, 0.4) is 0 Å². The molecule has 0 aromatic carbocycles. The van der Waals surface area contributed by atoms with Gasteiger partial charge < -0.3 is 4.90 Å². The van der Waals surface area contributed by atoms with Gasteiger partial charge in [-0.25, -0.2) is 0 Å². The first-order valence-electron chi connectivity index (χ1n) is 16.9. The predicted molar refractivity (Wildman–Crippen MR) is 163 cm³/mol. The molecule has 0 aromatic heterocycles. The van der Waals surface area contributed by atoms with Crippen LogP contribution in [0, 0.1) is 0 Å². The molecule has 37 heavy (non-hydrogen) atoms. The van der Waals surface area contributed by atoms with Crippen molar-refractivity contribution in [3.8, 4) is 0 Å². The van der Waals surface area contributed by atoms with E-state index < -0.39 is 0 Å². The van der Waals surface area contributed by atoms with E-state index in [1.54, 1.807) is 11.9 Å². The molecule has 0 aromatic rings. The Morgan fingerprint density at radius 3 is 1.00 bits per heavy atom. The van der Waals surface area contributed by atoms with E-state index in [-0.39, 0.29) is 11.7 Å². The van der Waals surface area contributed by atoms with Crippen molar-refractivity contribution in [3.63, 3.8) is 0 Å². The second-order valence-electron chi connectivity index (χ2n) is 11.8. The normalized spacial score (nSPS) is 11.2. The van der Waals surface area contributed by atoms with Crippen molar-refractivity contribution in [1.82, 2.24) is 4.90 Å². The van der Waals surface area contributed by atoms with Crippen LogP contribution in [0.25, 0.3) is 0 Å². The molecule has 0 fully saturated rings. The number of amides is 1. The van der Waals surface area contributed by atoms with Crippen molar-refractivity contribution >= 4 is 11.7 Å². The van der Waals surface area contributed by atoms with E-state index in [1.165, 1.54) is 141 Å². The van der Waals surface area contributed by atoms with Gasteiger partial charge in [-0.3, -0.25) is 9.59 Å². The molecule has 0 aliphatic carbocycles. The minimum atomic E-state index is 0.141. The van der Waals surface area contributed by atoms with E-state index in [0.717, 1.165) is 25.7 Å². The van der Waals surface area contributed by atoms with Gasteiger partial charge in [0.2, 0.25) is 5.91 Å². The van der Waals surface area contributed by atoms with Crippen LogP contribution in [0.5, 0.6) is 0 Å². The lowest BCUT2D eigenvalue weighted by Crippen LogP contribution is -2.31. The fraction of sp³-hybridized carbons (Fsp3) is 0.941. The Hall–Kier alpha value is -0.860. The number of likely N-dealkylation sites (N-methyl/N-ethyl adjacent to an activating group) is 1. The van der Waals surface area contributed by atoms with E-state index in [1.807, 2.05) is 0 Å². The van der Waals surface area contributed by atoms with E-state index in [2.05, 4.69) is 13.8 Å². The second-order valence-corrected chi connectivity index (χ2v) is 11.8. The Bertz CT molecular complexity index is 490. The molecule has 0 saturated carbocycles. The lowest BCUT2D eigenvalue weighted by atomic mass is 10.0. The summed E-state index contributed by atoms with van der Waals surface area (Å²) in [6.45, 7) is 4.85. The molecular weight excluding hydrogens is 454 g/mol. The largest absolute Gasteiger partial charge is 0.338 e. The first-order valence-corrected chi connectivity index (χ1v) is 16.9. The van der Waals surface area contributed by atoms with E-state index in [4.69, 9.17) is 0 Å². The molecule has 0 spiro atoms. The maximum absolute atomic E-state index is 12.3. The number of ketones is 1. The molecular formula is C34H67NO2. The number of carbonyl (C=O) groups is 2. The minimum absolute atomic E-state index is 0.141. The van der Waals surface area contributed by atoms with Gasteiger partial charge in [-0.1, -0.05) is 168 Å².